The summed E-state index contributed by atoms with van der Waals surface area (Å²) in [6.45, 7) is 5.59. The van der Waals surface area contributed by atoms with E-state index in [1.54, 1.807) is 0 Å². The lowest BCUT2D eigenvalue weighted by Crippen LogP contribution is -2.19. The van der Waals surface area contributed by atoms with Crippen molar-refractivity contribution in [3.8, 4) is 0 Å². The van der Waals surface area contributed by atoms with Gasteiger partial charge in [0.15, 0.2) is 0 Å². The molecular weight excluding hydrogens is 170 g/mol. The number of hydrogen-bond acceptors (Lipinski definition) is 1. The smallest absolute Gasteiger partial charge is 0.0291 e. The topological polar surface area (TPSA) is 12.0 Å². The van der Waals surface area contributed by atoms with E-state index in [1.165, 1.54) is 24.8 Å². The summed E-state index contributed by atoms with van der Waals surface area (Å²) < 4.78 is 0. The fourth-order valence-electron chi connectivity index (χ4n) is 1.55. The molecule has 1 heteroatoms. The Morgan fingerprint density at radius 1 is 1.14 bits per heavy atom. The van der Waals surface area contributed by atoms with Gasteiger partial charge in [-0.3, -0.25) is 0 Å². The van der Waals surface area contributed by atoms with Crippen molar-refractivity contribution in [1.29, 1.82) is 0 Å². The minimum atomic E-state index is 0.480. The highest BCUT2D eigenvalue weighted by molar-refractivity contribution is 5.17. The first-order valence-electron chi connectivity index (χ1n) is 5.63. The lowest BCUT2D eigenvalue weighted by molar-refractivity contribution is 0.544. The van der Waals surface area contributed by atoms with E-state index in [9.17, 15) is 0 Å². The van der Waals surface area contributed by atoms with Gasteiger partial charge in [-0.25, -0.2) is 0 Å². The molecule has 0 aliphatic rings. The third-order valence-electron chi connectivity index (χ3n) is 2.53. The lowest BCUT2D eigenvalue weighted by atomic mass is 10.1. The van der Waals surface area contributed by atoms with Gasteiger partial charge in [0.1, 0.15) is 0 Å². The average molecular weight is 191 g/mol. The summed E-state index contributed by atoms with van der Waals surface area (Å²) in [4.78, 5) is 0. The Bertz CT molecular complexity index is 230. The maximum absolute atomic E-state index is 3.53. The van der Waals surface area contributed by atoms with Gasteiger partial charge in [-0.15, -0.1) is 0 Å². The van der Waals surface area contributed by atoms with E-state index in [4.69, 9.17) is 0 Å². The standard InChI is InChI=1S/C13H21N/c1-3-4-8-11-14-12(2)13-9-6-5-7-10-13/h5-7,9-10,12,14H,3-4,8,11H2,1-2H3. The second-order valence-electron chi connectivity index (χ2n) is 3.79. The molecule has 0 bridgehead atoms. The minimum absolute atomic E-state index is 0.480. The van der Waals surface area contributed by atoms with E-state index in [2.05, 4.69) is 49.5 Å². The quantitative estimate of drug-likeness (QED) is 0.678. The summed E-state index contributed by atoms with van der Waals surface area (Å²) in [6.07, 6.45) is 3.91. The van der Waals surface area contributed by atoms with Gasteiger partial charge < -0.3 is 5.32 Å². The van der Waals surface area contributed by atoms with Crippen LogP contribution in [0.25, 0.3) is 0 Å². The molecule has 1 aromatic carbocycles. The van der Waals surface area contributed by atoms with Gasteiger partial charge in [0.25, 0.3) is 0 Å². The van der Waals surface area contributed by atoms with Crippen LogP contribution in [-0.2, 0) is 0 Å². The van der Waals surface area contributed by atoms with Gasteiger partial charge >= 0.3 is 0 Å². The van der Waals surface area contributed by atoms with E-state index < -0.39 is 0 Å². The maximum Gasteiger partial charge on any atom is 0.0291 e. The summed E-state index contributed by atoms with van der Waals surface area (Å²) in [5, 5.41) is 3.53. The van der Waals surface area contributed by atoms with E-state index in [1.807, 2.05) is 0 Å². The van der Waals surface area contributed by atoms with E-state index in [-0.39, 0.29) is 0 Å². The van der Waals surface area contributed by atoms with Crippen molar-refractivity contribution in [2.75, 3.05) is 6.54 Å². The third-order valence-corrected chi connectivity index (χ3v) is 2.53. The second-order valence-corrected chi connectivity index (χ2v) is 3.79. The molecule has 0 saturated heterocycles. The Balaban J connectivity index is 2.25. The molecule has 0 radical (unpaired) electrons. The van der Waals surface area contributed by atoms with Crippen LogP contribution in [0, 0.1) is 0 Å². The van der Waals surface area contributed by atoms with Crippen molar-refractivity contribution in [2.24, 2.45) is 0 Å². The van der Waals surface area contributed by atoms with Crippen LogP contribution in [0.2, 0.25) is 0 Å². The first-order valence-corrected chi connectivity index (χ1v) is 5.63. The summed E-state index contributed by atoms with van der Waals surface area (Å²) >= 11 is 0. The predicted octanol–water partition coefficient (Wildman–Crippen LogP) is 3.53. The summed E-state index contributed by atoms with van der Waals surface area (Å²) in [7, 11) is 0. The Morgan fingerprint density at radius 2 is 1.86 bits per heavy atom. The SMILES string of the molecule is CCCCCNC(C)c1ccccc1. The van der Waals surface area contributed by atoms with Crippen molar-refractivity contribution >= 4 is 0 Å². The van der Waals surface area contributed by atoms with Crippen LogP contribution in [0.1, 0.15) is 44.7 Å². The van der Waals surface area contributed by atoms with E-state index in [0.29, 0.717) is 6.04 Å². The average Bonchev–Trinajstić information content (AvgIpc) is 2.25. The highest BCUT2D eigenvalue weighted by Crippen LogP contribution is 2.10. The zero-order chi connectivity index (χ0) is 10.2. The van der Waals surface area contributed by atoms with Crippen LogP contribution >= 0.6 is 0 Å². The largest absolute Gasteiger partial charge is 0.310 e. The minimum Gasteiger partial charge on any atom is -0.310 e. The number of rotatable bonds is 6. The van der Waals surface area contributed by atoms with Crippen LogP contribution in [0.3, 0.4) is 0 Å². The molecule has 14 heavy (non-hydrogen) atoms. The van der Waals surface area contributed by atoms with Crippen LogP contribution < -0.4 is 5.32 Å². The molecule has 0 aromatic heterocycles. The maximum atomic E-state index is 3.53. The first-order chi connectivity index (χ1) is 6.84. The van der Waals surface area contributed by atoms with Gasteiger partial charge in [0.05, 0.1) is 0 Å². The normalized spacial score (nSPS) is 12.7. The molecule has 1 atom stereocenters. The molecule has 1 rings (SSSR count). The molecule has 0 aliphatic carbocycles. The summed E-state index contributed by atoms with van der Waals surface area (Å²) in [6, 6.07) is 11.1. The predicted molar refractivity (Wildman–Crippen MR) is 62.4 cm³/mol. The van der Waals surface area contributed by atoms with Crippen LogP contribution in [-0.4, -0.2) is 6.54 Å². The van der Waals surface area contributed by atoms with Gasteiger partial charge in [-0.1, -0.05) is 50.1 Å². The Labute approximate surface area is 87.5 Å². The monoisotopic (exact) mass is 191 g/mol. The molecule has 1 unspecified atom stereocenters. The fourth-order valence-corrected chi connectivity index (χ4v) is 1.55. The zero-order valence-electron chi connectivity index (χ0n) is 9.29. The molecule has 78 valence electrons. The highest BCUT2D eigenvalue weighted by atomic mass is 14.9. The van der Waals surface area contributed by atoms with Crippen molar-refractivity contribution in [3.63, 3.8) is 0 Å². The molecule has 1 aromatic rings. The molecule has 0 amide bonds. The van der Waals surface area contributed by atoms with Gasteiger partial charge in [-0.05, 0) is 25.5 Å². The Morgan fingerprint density at radius 3 is 2.50 bits per heavy atom. The fraction of sp³-hybridized carbons (Fsp3) is 0.538. The van der Waals surface area contributed by atoms with Gasteiger partial charge in [-0.2, -0.15) is 0 Å². The molecule has 0 heterocycles. The molecule has 0 saturated carbocycles. The zero-order valence-corrected chi connectivity index (χ0v) is 9.29. The highest BCUT2D eigenvalue weighted by Gasteiger charge is 2.01. The summed E-state index contributed by atoms with van der Waals surface area (Å²) in [5.41, 5.74) is 1.38. The van der Waals surface area contributed by atoms with Crippen molar-refractivity contribution < 1.29 is 0 Å². The second kappa shape index (κ2) is 6.61. The summed E-state index contributed by atoms with van der Waals surface area (Å²) in [5.74, 6) is 0. The van der Waals surface area contributed by atoms with E-state index >= 15 is 0 Å². The van der Waals surface area contributed by atoms with Gasteiger partial charge in [0.2, 0.25) is 0 Å². The van der Waals surface area contributed by atoms with Crippen LogP contribution in [0.4, 0.5) is 0 Å². The van der Waals surface area contributed by atoms with Crippen molar-refractivity contribution in [3.05, 3.63) is 35.9 Å². The molecular formula is C13H21N. The molecule has 0 aliphatic heterocycles. The first kappa shape index (κ1) is 11.3. The van der Waals surface area contributed by atoms with Gasteiger partial charge in [0, 0.05) is 6.04 Å². The Hall–Kier alpha value is -0.820. The van der Waals surface area contributed by atoms with Crippen LogP contribution in [0.15, 0.2) is 30.3 Å². The van der Waals surface area contributed by atoms with Crippen molar-refractivity contribution in [1.82, 2.24) is 5.32 Å². The third kappa shape index (κ3) is 3.93. The van der Waals surface area contributed by atoms with Crippen molar-refractivity contribution in [2.45, 2.75) is 39.2 Å². The number of nitrogens with one attached hydrogen (secondary N) is 1. The molecule has 0 fully saturated rings. The lowest BCUT2D eigenvalue weighted by Gasteiger charge is -2.13. The molecule has 1 N–H and O–H groups in total. The Kier molecular flexibility index (Phi) is 5.31. The number of benzene rings is 1. The van der Waals surface area contributed by atoms with Crippen LogP contribution in [0.5, 0.6) is 0 Å². The molecule has 0 spiro atoms. The molecule has 1 nitrogen and oxygen atoms in total. The van der Waals surface area contributed by atoms with E-state index in [0.717, 1.165) is 6.54 Å². The number of hydrogen-bond donors (Lipinski definition) is 1. The number of unbranched alkanes of at least 4 members (excludes halogenated alkanes) is 2.